The van der Waals surface area contributed by atoms with Crippen molar-refractivity contribution in [3.8, 4) is 0 Å². The van der Waals surface area contributed by atoms with Crippen molar-refractivity contribution in [2.45, 2.75) is 0 Å². The Morgan fingerprint density at radius 2 is 2.60 bits per heavy atom. The van der Waals surface area contributed by atoms with E-state index in [2.05, 4.69) is 0 Å². The van der Waals surface area contributed by atoms with Crippen molar-refractivity contribution in [2.24, 2.45) is 0 Å². The first-order chi connectivity index (χ1) is 4.74. The van der Waals surface area contributed by atoms with E-state index in [1.807, 2.05) is 0 Å². The molecule has 0 unspecified atom stereocenters. The van der Waals surface area contributed by atoms with Gasteiger partial charge in [-0.2, -0.15) is 0 Å². The monoisotopic (exact) mass is 176 g/mol. The van der Waals surface area contributed by atoms with Crippen molar-refractivity contribution in [1.82, 2.24) is 0 Å². The molecule has 0 spiro atoms. The summed E-state index contributed by atoms with van der Waals surface area (Å²) in [6.07, 6.45) is 1.53. The Hall–Kier alpha value is -0.260. The maximum absolute atomic E-state index is 10.7. The van der Waals surface area contributed by atoms with E-state index in [0.717, 1.165) is 11.8 Å². The van der Waals surface area contributed by atoms with Crippen molar-refractivity contribution in [3.05, 3.63) is 11.1 Å². The SMILES string of the molecule is O=C1C[N+](=S)C(=CCO)S1. The van der Waals surface area contributed by atoms with Gasteiger partial charge >= 0.3 is 0 Å². The lowest BCUT2D eigenvalue weighted by molar-refractivity contribution is -0.414. The number of aliphatic hydroxyl groups excluding tert-OH is 1. The Balaban J connectivity index is 2.72. The number of hydrogen-bond acceptors (Lipinski definition) is 4. The van der Waals surface area contributed by atoms with E-state index in [9.17, 15) is 4.79 Å². The van der Waals surface area contributed by atoms with Gasteiger partial charge in [0, 0.05) is 17.8 Å². The molecule has 1 saturated heterocycles. The Morgan fingerprint density at radius 1 is 1.90 bits per heavy atom. The van der Waals surface area contributed by atoms with Gasteiger partial charge in [0.15, 0.2) is 0 Å². The first-order valence-electron chi connectivity index (χ1n) is 2.70. The fourth-order valence-electron chi connectivity index (χ4n) is 0.617. The van der Waals surface area contributed by atoms with E-state index in [-0.39, 0.29) is 18.3 Å². The minimum atomic E-state index is -0.0667. The largest absolute Gasteiger partial charge is 0.392 e. The quantitative estimate of drug-likeness (QED) is 0.563. The molecule has 0 radical (unpaired) electrons. The van der Waals surface area contributed by atoms with Gasteiger partial charge in [0.25, 0.3) is 22.6 Å². The third kappa shape index (κ3) is 1.62. The lowest BCUT2D eigenvalue weighted by Crippen LogP contribution is -2.02. The molecule has 0 aromatic rings. The van der Waals surface area contributed by atoms with Crippen LogP contribution >= 0.6 is 11.8 Å². The number of thioether (sulfide) groups is 1. The van der Waals surface area contributed by atoms with Crippen LogP contribution < -0.4 is 0 Å². The third-order valence-corrected chi connectivity index (χ3v) is 2.40. The Kier molecular flexibility index (Phi) is 2.53. The second-order valence-corrected chi connectivity index (χ2v) is 3.25. The van der Waals surface area contributed by atoms with Crippen LogP contribution in [0.15, 0.2) is 11.1 Å². The summed E-state index contributed by atoms with van der Waals surface area (Å²) in [6.45, 7) is 0.203. The molecule has 5 heteroatoms. The summed E-state index contributed by atoms with van der Waals surface area (Å²) in [5, 5.41) is 9.16. The molecule has 0 atom stereocenters. The zero-order chi connectivity index (χ0) is 7.56. The van der Waals surface area contributed by atoms with Crippen molar-refractivity contribution in [2.75, 3.05) is 13.2 Å². The molecule has 0 aromatic heterocycles. The highest BCUT2D eigenvalue weighted by molar-refractivity contribution is 8.17. The third-order valence-electron chi connectivity index (χ3n) is 1.00. The molecule has 54 valence electrons. The number of nitrogens with zero attached hydrogens (tertiary/aromatic N) is 1. The molecular weight excluding hydrogens is 170 g/mol. The summed E-state index contributed by atoms with van der Waals surface area (Å²) in [4.78, 5) is 10.7. The van der Waals surface area contributed by atoms with E-state index in [1.165, 1.54) is 10.0 Å². The predicted octanol–water partition coefficient (Wildman–Crippen LogP) is -0.163. The van der Waals surface area contributed by atoms with Crippen LogP contribution in [-0.4, -0.2) is 27.3 Å². The van der Waals surface area contributed by atoms with Crippen molar-refractivity contribution < 1.29 is 13.8 Å². The number of aliphatic hydroxyl groups is 1. The Morgan fingerprint density at radius 3 is 3.00 bits per heavy atom. The number of carbonyl (C=O) groups excluding carboxylic acids is 1. The van der Waals surface area contributed by atoms with E-state index in [1.54, 1.807) is 0 Å². The number of rotatable bonds is 1. The standard InChI is InChI=1S/C5H6NO2S2/c7-2-1-4-6(9)3-5(8)10-4/h1,7H,2-3H2/q+1. The van der Waals surface area contributed by atoms with Crippen LogP contribution in [0.3, 0.4) is 0 Å². The van der Waals surface area contributed by atoms with Crippen LogP contribution in [0, 0.1) is 0 Å². The highest BCUT2D eigenvalue weighted by Gasteiger charge is 2.30. The molecule has 0 amide bonds. The maximum atomic E-state index is 10.7. The van der Waals surface area contributed by atoms with Crippen LogP contribution in [0.5, 0.6) is 0 Å². The molecule has 3 nitrogen and oxygen atoms in total. The van der Waals surface area contributed by atoms with Gasteiger partial charge in [-0.1, -0.05) is 0 Å². The van der Waals surface area contributed by atoms with Crippen LogP contribution in [-0.2, 0) is 17.2 Å². The second kappa shape index (κ2) is 3.23. The molecular formula is C5H6NO2S2+. The lowest BCUT2D eigenvalue weighted by Gasteiger charge is -1.81. The number of hydrogen-bond donors (Lipinski definition) is 1. The van der Waals surface area contributed by atoms with E-state index < -0.39 is 0 Å². The zero-order valence-electron chi connectivity index (χ0n) is 5.11. The van der Waals surface area contributed by atoms with Crippen molar-refractivity contribution in [3.63, 3.8) is 0 Å². The predicted molar refractivity (Wildman–Crippen MR) is 40.3 cm³/mol. The fourth-order valence-corrected chi connectivity index (χ4v) is 1.75. The van der Waals surface area contributed by atoms with Gasteiger partial charge in [0.1, 0.15) is 0 Å². The average molecular weight is 176 g/mol. The molecule has 10 heavy (non-hydrogen) atoms. The normalized spacial score (nSPS) is 22.7. The molecule has 1 aliphatic heterocycles. The van der Waals surface area contributed by atoms with Crippen molar-refractivity contribution >= 4 is 29.3 Å². The lowest BCUT2D eigenvalue weighted by atomic mass is 10.6. The first-order valence-corrected chi connectivity index (χ1v) is 3.88. The van der Waals surface area contributed by atoms with Crippen molar-refractivity contribution in [1.29, 1.82) is 0 Å². The summed E-state index contributed by atoms with van der Waals surface area (Å²) >= 11 is 5.86. The van der Waals surface area contributed by atoms with Gasteiger partial charge in [-0.15, -0.1) is 3.95 Å². The zero-order valence-corrected chi connectivity index (χ0v) is 6.74. The highest BCUT2D eigenvalue weighted by atomic mass is 32.2. The molecule has 0 saturated carbocycles. The Bertz CT molecular complexity index is 212. The minimum Gasteiger partial charge on any atom is -0.392 e. The molecule has 1 aliphatic rings. The summed E-state index contributed by atoms with van der Waals surface area (Å²) in [5.41, 5.74) is 0. The smallest absolute Gasteiger partial charge is 0.271 e. The fraction of sp³-hybridized carbons (Fsp3) is 0.400. The maximum Gasteiger partial charge on any atom is 0.271 e. The van der Waals surface area contributed by atoms with Gasteiger partial charge < -0.3 is 5.11 Å². The molecule has 1 heterocycles. The summed E-state index contributed by atoms with van der Waals surface area (Å²) in [6, 6.07) is 0. The summed E-state index contributed by atoms with van der Waals surface area (Å²) in [7, 11) is 0. The molecule has 1 fully saturated rings. The summed E-state index contributed by atoms with van der Waals surface area (Å²) in [5.74, 6) is 0. The van der Waals surface area contributed by atoms with Crippen LogP contribution in [0.25, 0.3) is 0 Å². The Labute approximate surface area is 67.9 Å². The van der Waals surface area contributed by atoms with Gasteiger partial charge in [0.2, 0.25) is 6.54 Å². The average Bonchev–Trinajstić information content (AvgIpc) is 2.13. The van der Waals surface area contributed by atoms with E-state index in [0.29, 0.717) is 5.03 Å². The van der Waals surface area contributed by atoms with Crippen LogP contribution in [0.4, 0.5) is 0 Å². The first kappa shape index (κ1) is 7.84. The second-order valence-electron chi connectivity index (χ2n) is 1.74. The van der Waals surface area contributed by atoms with Gasteiger partial charge in [0.05, 0.1) is 6.61 Å². The van der Waals surface area contributed by atoms with Crippen LogP contribution in [0.2, 0.25) is 0 Å². The number of carbonyl (C=O) groups is 1. The molecule has 1 rings (SSSR count). The van der Waals surface area contributed by atoms with E-state index >= 15 is 0 Å². The minimum absolute atomic E-state index is 0.0368. The molecule has 0 aromatic carbocycles. The van der Waals surface area contributed by atoms with Gasteiger partial charge in [-0.25, -0.2) is 0 Å². The molecule has 1 N–H and O–H groups in total. The molecule has 0 aliphatic carbocycles. The topological polar surface area (TPSA) is 40.3 Å². The van der Waals surface area contributed by atoms with Crippen LogP contribution in [0.1, 0.15) is 0 Å². The van der Waals surface area contributed by atoms with Gasteiger partial charge in [-0.05, 0) is 0 Å². The highest BCUT2D eigenvalue weighted by Crippen LogP contribution is 2.23. The molecule has 0 bridgehead atoms. The van der Waals surface area contributed by atoms with Gasteiger partial charge in [-0.3, -0.25) is 4.79 Å². The summed E-state index contributed by atoms with van der Waals surface area (Å²) < 4.78 is 1.41. The van der Waals surface area contributed by atoms with E-state index in [4.69, 9.17) is 17.5 Å².